The van der Waals surface area contributed by atoms with E-state index in [-0.39, 0.29) is 6.04 Å². The fourth-order valence-corrected chi connectivity index (χ4v) is 3.01. The smallest absolute Gasteiger partial charge is 0.149 e. The highest BCUT2D eigenvalue weighted by Crippen LogP contribution is 2.35. The van der Waals surface area contributed by atoms with Crippen molar-refractivity contribution in [3.05, 3.63) is 26.6 Å². The molecule has 18 heavy (non-hydrogen) atoms. The number of nitrogens with two attached hydrogens (primary N) is 1. The van der Waals surface area contributed by atoms with Gasteiger partial charge in [-0.3, -0.25) is 0 Å². The van der Waals surface area contributed by atoms with Gasteiger partial charge in [0.2, 0.25) is 0 Å². The van der Waals surface area contributed by atoms with E-state index in [2.05, 4.69) is 62.8 Å². The minimum absolute atomic E-state index is 0.196. The van der Waals surface area contributed by atoms with E-state index in [1.807, 2.05) is 0 Å². The third kappa shape index (κ3) is 4.64. The van der Waals surface area contributed by atoms with Crippen LogP contribution in [-0.4, -0.2) is 12.6 Å². The molecule has 0 saturated carbocycles. The summed E-state index contributed by atoms with van der Waals surface area (Å²) in [5.41, 5.74) is 7.15. The van der Waals surface area contributed by atoms with Crippen molar-refractivity contribution in [2.75, 3.05) is 6.61 Å². The van der Waals surface area contributed by atoms with Gasteiger partial charge in [0, 0.05) is 6.04 Å². The van der Waals surface area contributed by atoms with E-state index in [1.54, 1.807) is 6.92 Å². The molecule has 2 nitrogen and oxygen atoms in total. The molecule has 0 aromatic heterocycles. The van der Waals surface area contributed by atoms with E-state index in [9.17, 15) is 0 Å². The van der Waals surface area contributed by atoms with Crippen LogP contribution >= 0.6 is 31.9 Å². The van der Waals surface area contributed by atoms with E-state index in [4.69, 9.17) is 10.5 Å². The third-order valence-electron chi connectivity index (χ3n) is 2.55. The molecule has 0 radical (unpaired) electrons. The van der Waals surface area contributed by atoms with Crippen LogP contribution in [0, 0.1) is 11.8 Å². The molecule has 1 aromatic carbocycles. The summed E-state index contributed by atoms with van der Waals surface area (Å²) in [5.74, 6) is 6.46. The monoisotopic (exact) mass is 373 g/mol. The van der Waals surface area contributed by atoms with Crippen LogP contribution in [-0.2, 0) is 6.42 Å². The number of halogens is 2. The zero-order valence-corrected chi connectivity index (χ0v) is 13.8. The highest BCUT2D eigenvalue weighted by Gasteiger charge is 2.10. The van der Waals surface area contributed by atoms with Gasteiger partial charge < -0.3 is 10.5 Å². The Kier molecular flexibility index (Phi) is 6.77. The van der Waals surface area contributed by atoms with E-state index in [0.717, 1.165) is 27.5 Å². The fraction of sp³-hybridized carbons (Fsp3) is 0.429. The molecule has 4 heteroatoms. The van der Waals surface area contributed by atoms with Crippen molar-refractivity contribution in [3.63, 3.8) is 0 Å². The molecule has 0 amide bonds. The van der Waals surface area contributed by atoms with Crippen molar-refractivity contribution in [2.45, 2.75) is 32.7 Å². The van der Waals surface area contributed by atoms with Crippen LogP contribution in [0.2, 0.25) is 0 Å². The molecular weight excluding hydrogens is 358 g/mol. The molecule has 0 aliphatic rings. The normalized spacial score (nSPS) is 11.6. The minimum atomic E-state index is 0.196. The maximum atomic E-state index is 5.96. The highest BCUT2D eigenvalue weighted by molar-refractivity contribution is 9.11. The third-order valence-corrected chi connectivity index (χ3v) is 3.72. The molecule has 2 N–H and O–H groups in total. The second-order valence-electron chi connectivity index (χ2n) is 3.98. The molecule has 1 atom stereocenters. The van der Waals surface area contributed by atoms with Crippen LogP contribution in [0.15, 0.2) is 21.1 Å². The van der Waals surface area contributed by atoms with Gasteiger partial charge in [0.1, 0.15) is 12.4 Å². The zero-order chi connectivity index (χ0) is 13.5. The van der Waals surface area contributed by atoms with E-state index in [0.29, 0.717) is 6.61 Å². The van der Waals surface area contributed by atoms with Crippen molar-refractivity contribution in [1.82, 2.24) is 0 Å². The summed E-state index contributed by atoms with van der Waals surface area (Å²) in [6.07, 6.45) is 1.84. The molecule has 0 aliphatic heterocycles. The first-order valence-electron chi connectivity index (χ1n) is 5.84. The summed E-state index contributed by atoms with van der Waals surface area (Å²) in [6.45, 7) is 4.28. The van der Waals surface area contributed by atoms with Gasteiger partial charge in [0.15, 0.2) is 0 Å². The molecule has 1 unspecified atom stereocenters. The SMILES string of the molecule is CC#CCOc1c(Br)cc(CC(N)CC)cc1Br. The fourth-order valence-electron chi connectivity index (χ4n) is 1.50. The predicted molar refractivity (Wildman–Crippen MR) is 82.8 cm³/mol. The van der Waals surface area contributed by atoms with Crippen LogP contribution in [0.25, 0.3) is 0 Å². The summed E-state index contributed by atoms with van der Waals surface area (Å²) in [6, 6.07) is 4.30. The minimum Gasteiger partial charge on any atom is -0.479 e. The maximum absolute atomic E-state index is 5.96. The van der Waals surface area contributed by atoms with Crippen molar-refractivity contribution in [3.8, 4) is 17.6 Å². The van der Waals surface area contributed by atoms with Gasteiger partial charge in [0.25, 0.3) is 0 Å². The lowest BCUT2D eigenvalue weighted by atomic mass is 10.0. The second kappa shape index (κ2) is 7.83. The number of benzene rings is 1. The Labute approximate surface area is 126 Å². The van der Waals surface area contributed by atoms with Crippen LogP contribution in [0.3, 0.4) is 0 Å². The van der Waals surface area contributed by atoms with Gasteiger partial charge in [-0.25, -0.2) is 0 Å². The molecule has 0 aliphatic carbocycles. The van der Waals surface area contributed by atoms with Crippen LogP contribution in [0.1, 0.15) is 25.8 Å². The van der Waals surface area contributed by atoms with Gasteiger partial charge in [-0.15, -0.1) is 5.92 Å². The van der Waals surface area contributed by atoms with Crippen LogP contribution < -0.4 is 10.5 Å². The van der Waals surface area contributed by atoms with Gasteiger partial charge >= 0.3 is 0 Å². The predicted octanol–water partition coefficient (Wildman–Crippen LogP) is 3.89. The standard InChI is InChI=1S/C14H17Br2NO/c1-3-5-6-18-14-12(15)8-10(9-13(14)16)7-11(17)4-2/h8-9,11H,4,6-7,17H2,1-2H3. The molecule has 0 fully saturated rings. The average Bonchev–Trinajstić information content (AvgIpc) is 2.32. The van der Waals surface area contributed by atoms with Gasteiger partial charge in [-0.2, -0.15) is 0 Å². The van der Waals surface area contributed by atoms with Gasteiger partial charge in [-0.1, -0.05) is 12.8 Å². The van der Waals surface area contributed by atoms with E-state index >= 15 is 0 Å². The average molecular weight is 375 g/mol. The summed E-state index contributed by atoms with van der Waals surface area (Å²) >= 11 is 7.04. The van der Waals surface area contributed by atoms with Gasteiger partial charge in [0.05, 0.1) is 8.95 Å². The lowest BCUT2D eigenvalue weighted by molar-refractivity contribution is 0.365. The van der Waals surface area contributed by atoms with Crippen molar-refractivity contribution < 1.29 is 4.74 Å². The van der Waals surface area contributed by atoms with E-state index < -0.39 is 0 Å². The first-order valence-corrected chi connectivity index (χ1v) is 7.43. The molecular formula is C14H17Br2NO. The zero-order valence-electron chi connectivity index (χ0n) is 10.6. The Morgan fingerprint density at radius 3 is 2.44 bits per heavy atom. The molecule has 0 spiro atoms. The Morgan fingerprint density at radius 2 is 1.94 bits per heavy atom. The maximum Gasteiger partial charge on any atom is 0.149 e. The molecule has 1 rings (SSSR count). The lowest BCUT2D eigenvalue weighted by Gasteiger charge is -2.13. The Hall–Kier alpha value is -0.500. The molecule has 0 saturated heterocycles. The van der Waals surface area contributed by atoms with Crippen molar-refractivity contribution >= 4 is 31.9 Å². The van der Waals surface area contributed by atoms with Gasteiger partial charge in [-0.05, 0) is 69.3 Å². The number of rotatable bonds is 5. The number of hydrogen-bond acceptors (Lipinski definition) is 2. The first-order chi connectivity index (χ1) is 8.58. The molecule has 0 bridgehead atoms. The Morgan fingerprint density at radius 1 is 1.33 bits per heavy atom. The van der Waals surface area contributed by atoms with Crippen molar-refractivity contribution in [2.24, 2.45) is 5.73 Å². The lowest BCUT2D eigenvalue weighted by Crippen LogP contribution is -2.21. The highest BCUT2D eigenvalue weighted by atomic mass is 79.9. The van der Waals surface area contributed by atoms with Crippen LogP contribution in [0.4, 0.5) is 0 Å². The summed E-state index contributed by atoms with van der Waals surface area (Å²) in [5, 5.41) is 0. The van der Waals surface area contributed by atoms with Crippen LogP contribution in [0.5, 0.6) is 5.75 Å². The Bertz CT molecular complexity index is 440. The topological polar surface area (TPSA) is 35.2 Å². The van der Waals surface area contributed by atoms with E-state index in [1.165, 1.54) is 5.56 Å². The second-order valence-corrected chi connectivity index (χ2v) is 5.69. The van der Waals surface area contributed by atoms with Crippen molar-refractivity contribution in [1.29, 1.82) is 0 Å². The summed E-state index contributed by atoms with van der Waals surface area (Å²) < 4.78 is 7.44. The first kappa shape index (κ1) is 15.6. The molecule has 0 heterocycles. The number of hydrogen-bond donors (Lipinski definition) is 1. The Balaban J connectivity index is 2.85. The summed E-state index contributed by atoms with van der Waals surface area (Å²) in [7, 11) is 0. The summed E-state index contributed by atoms with van der Waals surface area (Å²) in [4.78, 5) is 0. The molecule has 98 valence electrons. The molecule has 1 aromatic rings. The number of ether oxygens (including phenoxy) is 1. The largest absolute Gasteiger partial charge is 0.479 e. The quantitative estimate of drug-likeness (QED) is 0.793.